The molecule has 4 nitrogen and oxygen atoms in total. The quantitative estimate of drug-likeness (QED) is 0.920. The van der Waals surface area contributed by atoms with E-state index in [-0.39, 0.29) is 29.4 Å². The first-order valence-electron chi connectivity index (χ1n) is 6.74. The van der Waals surface area contributed by atoms with Crippen LogP contribution in [-0.4, -0.2) is 40.1 Å². The minimum Gasteiger partial charge on any atom is -0.368 e. The van der Waals surface area contributed by atoms with E-state index < -0.39 is 9.84 Å². The number of halogens is 1. The molecule has 0 spiro atoms. The van der Waals surface area contributed by atoms with Crippen LogP contribution in [0.3, 0.4) is 0 Å². The van der Waals surface area contributed by atoms with E-state index in [2.05, 4.69) is 5.32 Å². The van der Waals surface area contributed by atoms with Crippen LogP contribution in [0.25, 0.3) is 0 Å². The van der Waals surface area contributed by atoms with Gasteiger partial charge in [0.05, 0.1) is 17.2 Å². The largest absolute Gasteiger partial charge is 0.368 e. The second kappa shape index (κ2) is 5.69. The Morgan fingerprint density at radius 1 is 1.45 bits per heavy atom. The van der Waals surface area contributed by atoms with Crippen LogP contribution in [-0.2, 0) is 9.84 Å². The molecule has 1 aromatic carbocycles. The predicted octanol–water partition coefficient (Wildman–Crippen LogP) is 1.73. The zero-order valence-electron chi connectivity index (χ0n) is 12.1. The molecule has 0 amide bonds. The van der Waals surface area contributed by atoms with Crippen molar-refractivity contribution in [3.8, 4) is 0 Å². The molecule has 2 atom stereocenters. The molecule has 1 aromatic rings. The summed E-state index contributed by atoms with van der Waals surface area (Å²) in [6.45, 7) is 1.96. The molecule has 1 heterocycles. The van der Waals surface area contributed by atoms with Crippen LogP contribution in [0.5, 0.6) is 0 Å². The highest BCUT2D eigenvalue weighted by atomic mass is 32.2. The summed E-state index contributed by atoms with van der Waals surface area (Å²) in [6.07, 6.45) is 0.562. The fourth-order valence-electron chi connectivity index (χ4n) is 2.52. The molecule has 1 aliphatic heterocycles. The lowest BCUT2D eigenvalue weighted by Crippen LogP contribution is -2.33. The molecular formula is C14H21FN2O2S. The SMILES string of the molecule is CNC(C)c1ccc(N(C)C2CCS(=O)(=O)C2)c(F)c1. The lowest BCUT2D eigenvalue weighted by atomic mass is 10.1. The van der Waals surface area contributed by atoms with Crippen LogP contribution in [0.15, 0.2) is 18.2 Å². The van der Waals surface area contributed by atoms with Gasteiger partial charge in [0, 0.05) is 19.1 Å². The van der Waals surface area contributed by atoms with E-state index >= 15 is 0 Å². The summed E-state index contributed by atoms with van der Waals surface area (Å²) in [5, 5.41) is 3.06. The number of anilines is 1. The molecule has 1 saturated heterocycles. The standard InChI is InChI=1S/C14H21FN2O2S/c1-10(16-2)11-4-5-14(13(15)8-11)17(3)12-6-7-20(18,19)9-12/h4-5,8,10,12,16H,6-7,9H2,1-3H3. The maximum absolute atomic E-state index is 14.2. The van der Waals surface area contributed by atoms with Gasteiger partial charge < -0.3 is 10.2 Å². The van der Waals surface area contributed by atoms with Gasteiger partial charge in [0.15, 0.2) is 9.84 Å². The number of sulfone groups is 1. The molecule has 1 N–H and O–H groups in total. The van der Waals surface area contributed by atoms with Gasteiger partial charge in [0.1, 0.15) is 5.82 Å². The highest BCUT2D eigenvalue weighted by Crippen LogP contribution is 2.27. The number of rotatable bonds is 4. The van der Waals surface area contributed by atoms with Gasteiger partial charge in [-0.25, -0.2) is 12.8 Å². The summed E-state index contributed by atoms with van der Waals surface area (Å²) >= 11 is 0. The second-order valence-electron chi connectivity index (χ2n) is 5.39. The zero-order chi connectivity index (χ0) is 14.9. The molecule has 1 aliphatic rings. The predicted molar refractivity (Wildman–Crippen MR) is 79.3 cm³/mol. The summed E-state index contributed by atoms with van der Waals surface area (Å²) in [7, 11) is 0.619. The van der Waals surface area contributed by atoms with Gasteiger partial charge in [0.2, 0.25) is 0 Å². The lowest BCUT2D eigenvalue weighted by molar-refractivity contribution is 0.591. The lowest BCUT2D eigenvalue weighted by Gasteiger charge is -2.26. The first-order chi connectivity index (χ1) is 9.34. The average Bonchev–Trinajstić information content (AvgIpc) is 2.77. The van der Waals surface area contributed by atoms with Crippen molar-refractivity contribution >= 4 is 15.5 Å². The zero-order valence-corrected chi connectivity index (χ0v) is 12.9. The highest BCUT2D eigenvalue weighted by Gasteiger charge is 2.31. The Labute approximate surface area is 119 Å². The van der Waals surface area contributed by atoms with Crippen molar-refractivity contribution in [2.45, 2.75) is 25.4 Å². The Balaban J connectivity index is 2.21. The smallest absolute Gasteiger partial charge is 0.152 e. The Morgan fingerprint density at radius 3 is 2.65 bits per heavy atom. The molecule has 0 aliphatic carbocycles. The number of hydrogen-bond donors (Lipinski definition) is 1. The van der Waals surface area contributed by atoms with Crippen molar-refractivity contribution in [3.05, 3.63) is 29.6 Å². The molecule has 2 unspecified atom stereocenters. The normalized spacial score (nSPS) is 22.7. The number of benzene rings is 1. The second-order valence-corrected chi connectivity index (χ2v) is 7.62. The van der Waals surface area contributed by atoms with Gasteiger partial charge in [-0.05, 0) is 38.1 Å². The first-order valence-corrected chi connectivity index (χ1v) is 8.56. The van der Waals surface area contributed by atoms with Gasteiger partial charge in [-0.15, -0.1) is 0 Å². The third-order valence-electron chi connectivity index (χ3n) is 4.04. The van der Waals surface area contributed by atoms with Crippen LogP contribution < -0.4 is 10.2 Å². The molecule has 112 valence electrons. The summed E-state index contributed by atoms with van der Waals surface area (Å²) in [4.78, 5) is 1.74. The molecule has 1 fully saturated rings. The first kappa shape index (κ1) is 15.3. The van der Waals surface area contributed by atoms with Crippen LogP contribution in [0.1, 0.15) is 24.9 Å². The third-order valence-corrected chi connectivity index (χ3v) is 5.79. The van der Waals surface area contributed by atoms with Gasteiger partial charge in [0.25, 0.3) is 0 Å². The topological polar surface area (TPSA) is 49.4 Å². The molecule has 0 bridgehead atoms. The van der Waals surface area contributed by atoms with Crippen LogP contribution in [0.2, 0.25) is 0 Å². The summed E-state index contributed by atoms with van der Waals surface area (Å²) < 4.78 is 37.3. The van der Waals surface area contributed by atoms with E-state index in [1.54, 1.807) is 18.0 Å². The van der Waals surface area contributed by atoms with Gasteiger partial charge >= 0.3 is 0 Å². The molecular weight excluding hydrogens is 279 g/mol. The van der Waals surface area contributed by atoms with E-state index in [9.17, 15) is 12.8 Å². The average molecular weight is 300 g/mol. The van der Waals surface area contributed by atoms with E-state index in [4.69, 9.17) is 0 Å². The van der Waals surface area contributed by atoms with Crippen molar-refractivity contribution in [3.63, 3.8) is 0 Å². The molecule has 6 heteroatoms. The van der Waals surface area contributed by atoms with Crippen LogP contribution in [0, 0.1) is 5.82 Å². The molecule has 0 radical (unpaired) electrons. The van der Waals surface area contributed by atoms with Crippen molar-refractivity contribution in [1.82, 2.24) is 5.32 Å². The van der Waals surface area contributed by atoms with Gasteiger partial charge in [-0.3, -0.25) is 0 Å². The monoisotopic (exact) mass is 300 g/mol. The summed E-state index contributed by atoms with van der Waals surface area (Å²) in [5.74, 6) is -0.00720. The summed E-state index contributed by atoms with van der Waals surface area (Å²) in [6, 6.07) is 5.05. The number of nitrogens with one attached hydrogen (secondary N) is 1. The maximum atomic E-state index is 14.2. The molecule has 0 aromatic heterocycles. The van der Waals surface area contributed by atoms with Crippen molar-refractivity contribution in [2.24, 2.45) is 0 Å². The number of nitrogens with zero attached hydrogens (tertiary/aromatic N) is 1. The highest BCUT2D eigenvalue weighted by molar-refractivity contribution is 7.91. The molecule has 2 rings (SSSR count). The minimum absolute atomic E-state index is 0.0794. The van der Waals surface area contributed by atoms with Crippen LogP contribution >= 0.6 is 0 Å². The Kier molecular flexibility index (Phi) is 4.34. The third kappa shape index (κ3) is 3.12. The maximum Gasteiger partial charge on any atom is 0.152 e. The molecule has 0 saturated carbocycles. The molecule has 20 heavy (non-hydrogen) atoms. The fraction of sp³-hybridized carbons (Fsp3) is 0.571. The number of hydrogen-bond acceptors (Lipinski definition) is 4. The van der Waals surface area contributed by atoms with Crippen molar-refractivity contribution < 1.29 is 12.8 Å². The Hall–Kier alpha value is -1.14. The van der Waals surface area contributed by atoms with Crippen molar-refractivity contribution in [2.75, 3.05) is 30.5 Å². The van der Waals surface area contributed by atoms with E-state index in [1.807, 2.05) is 20.0 Å². The minimum atomic E-state index is -2.96. The van der Waals surface area contributed by atoms with Crippen molar-refractivity contribution in [1.29, 1.82) is 0 Å². The summed E-state index contributed by atoms with van der Waals surface area (Å²) in [5.41, 5.74) is 1.33. The van der Waals surface area contributed by atoms with E-state index in [1.165, 1.54) is 6.07 Å². The fourth-order valence-corrected chi connectivity index (χ4v) is 4.30. The van der Waals surface area contributed by atoms with E-state index in [0.29, 0.717) is 12.1 Å². The van der Waals surface area contributed by atoms with Gasteiger partial charge in [-0.2, -0.15) is 0 Å². The Morgan fingerprint density at radius 2 is 2.15 bits per heavy atom. The van der Waals surface area contributed by atoms with Crippen LogP contribution in [0.4, 0.5) is 10.1 Å². The van der Waals surface area contributed by atoms with Gasteiger partial charge in [-0.1, -0.05) is 6.07 Å². The van der Waals surface area contributed by atoms with E-state index in [0.717, 1.165) is 5.56 Å². The Bertz CT molecular complexity index is 589.